The molecule has 0 radical (unpaired) electrons. The van der Waals surface area contributed by atoms with Crippen molar-refractivity contribution >= 4 is 5.69 Å². The van der Waals surface area contributed by atoms with Crippen molar-refractivity contribution in [1.29, 1.82) is 5.26 Å². The maximum atomic E-state index is 9.28. The molecule has 1 aromatic rings. The second-order valence-electron chi connectivity index (χ2n) is 5.79. The van der Waals surface area contributed by atoms with E-state index in [0.29, 0.717) is 11.6 Å². The number of hydrogen-bond donors (Lipinski definition) is 1. The average molecular weight is 272 g/mol. The van der Waals surface area contributed by atoms with Crippen LogP contribution < -0.4 is 5.32 Å². The first-order valence-corrected chi connectivity index (χ1v) is 7.47. The van der Waals surface area contributed by atoms with E-state index in [1.807, 2.05) is 19.9 Å². The number of anilines is 1. The molecule has 1 saturated heterocycles. The molecule has 20 heavy (non-hydrogen) atoms. The monoisotopic (exact) mass is 272 g/mol. The predicted molar refractivity (Wildman–Crippen MR) is 81.8 cm³/mol. The number of likely N-dealkylation sites (tertiary alicyclic amines) is 1. The number of piperidine rings is 1. The smallest absolute Gasteiger partial charge is 0.103 e. The Hall–Kier alpha value is -1.60. The number of rotatable bonds is 4. The fourth-order valence-electron chi connectivity index (χ4n) is 2.92. The summed E-state index contributed by atoms with van der Waals surface area (Å²) in [6.07, 6.45) is 3.98. The summed E-state index contributed by atoms with van der Waals surface area (Å²) in [6, 6.07) is 4.57. The van der Waals surface area contributed by atoms with Gasteiger partial charge in [-0.05, 0) is 52.8 Å². The number of nitrogens with zero attached hydrogens (tertiary/aromatic N) is 3. The zero-order valence-corrected chi connectivity index (χ0v) is 12.7. The molecule has 0 aliphatic carbocycles. The Morgan fingerprint density at radius 3 is 2.70 bits per heavy atom. The lowest BCUT2D eigenvalue weighted by Gasteiger charge is -2.30. The molecule has 2 rings (SSSR count). The molecule has 2 heterocycles. The third-order valence-corrected chi connectivity index (χ3v) is 3.82. The van der Waals surface area contributed by atoms with E-state index in [4.69, 9.17) is 0 Å². The topological polar surface area (TPSA) is 52.0 Å². The molecule has 108 valence electrons. The van der Waals surface area contributed by atoms with E-state index in [2.05, 4.69) is 28.2 Å². The molecule has 1 fully saturated rings. The highest BCUT2D eigenvalue weighted by Crippen LogP contribution is 2.20. The Morgan fingerprint density at radius 2 is 2.05 bits per heavy atom. The van der Waals surface area contributed by atoms with Gasteiger partial charge in [0.25, 0.3) is 0 Å². The second kappa shape index (κ2) is 6.71. The molecule has 1 aliphatic heterocycles. The largest absolute Gasteiger partial charge is 0.380 e. The Balaban J connectivity index is 2.03. The van der Waals surface area contributed by atoms with Crippen molar-refractivity contribution in [3.63, 3.8) is 0 Å². The van der Waals surface area contributed by atoms with Crippen LogP contribution in [0.2, 0.25) is 0 Å². The SMILES string of the molecule is Cc1cc(NC(C)CN2CCCCC2)c(C#N)c(C)n1. The lowest BCUT2D eigenvalue weighted by Crippen LogP contribution is -2.38. The summed E-state index contributed by atoms with van der Waals surface area (Å²) in [6.45, 7) is 9.48. The number of nitriles is 1. The molecule has 0 spiro atoms. The van der Waals surface area contributed by atoms with Crippen molar-refractivity contribution in [2.24, 2.45) is 0 Å². The third kappa shape index (κ3) is 3.71. The summed E-state index contributed by atoms with van der Waals surface area (Å²) >= 11 is 0. The lowest BCUT2D eigenvalue weighted by atomic mass is 10.1. The standard InChI is InChI=1S/C16H24N4/c1-12-9-16(15(10-17)14(3)18-12)19-13(2)11-20-7-5-4-6-8-20/h9,13H,4-8,11H2,1-3H3,(H,18,19). The minimum atomic E-state index is 0.335. The molecule has 4 nitrogen and oxygen atoms in total. The van der Waals surface area contributed by atoms with Crippen molar-refractivity contribution in [2.75, 3.05) is 25.0 Å². The van der Waals surface area contributed by atoms with Crippen LogP contribution in [0.1, 0.15) is 43.1 Å². The molecule has 0 aromatic carbocycles. The second-order valence-corrected chi connectivity index (χ2v) is 5.79. The highest BCUT2D eigenvalue weighted by molar-refractivity contribution is 5.60. The van der Waals surface area contributed by atoms with Crippen molar-refractivity contribution in [2.45, 2.75) is 46.1 Å². The Labute approximate surface area is 121 Å². The van der Waals surface area contributed by atoms with Gasteiger partial charge >= 0.3 is 0 Å². The maximum absolute atomic E-state index is 9.28. The molecule has 1 atom stereocenters. The Bertz CT molecular complexity index is 498. The van der Waals surface area contributed by atoms with Crippen molar-refractivity contribution in [3.8, 4) is 6.07 Å². The minimum Gasteiger partial charge on any atom is -0.380 e. The van der Waals surface area contributed by atoms with E-state index in [9.17, 15) is 5.26 Å². The van der Waals surface area contributed by atoms with Gasteiger partial charge in [0, 0.05) is 18.3 Å². The van der Waals surface area contributed by atoms with Crippen LogP contribution in [0, 0.1) is 25.2 Å². The van der Waals surface area contributed by atoms with Gasteiger partial charge in [0.05, 0.1) is 16.9 Å². The van der Waals surface area contributed by atoms with E-state index in [1.54, 1.807) is 0 Å². The van der Waals surface area contributed by atoms with Gasteiger partial charge in [-0.3, -0.25) is 4.98 Å². The summed E-state index contributed by atoms with van der Waals surface area (Å²) in [5.41, 5.74) is 3.34. The van der Waals surface area contributed by atoms with E-state index < -0.39 is 0 Å². The third-order valence-electron chi connectivity index (χ3n) is 3.82. The number of nitrogens with one attached hydrogen (secondary N) is 1. The van der Waals surface area contributed by atoms with Crippen LogP contribution in [0.5, 0.6) is 0 Å². The number of hydrogen-bond acceptors (Lipinski definition) is 4. The van der Waals surface area contributed by atoms with Gasteiger partial charge in [0.2, 0.25) is 0 Å². The molecule has 0 saturated carbocycles. The first kappa shape index (κ1) is 14.8. The van der Waals surface area contributed by atoms with Gasteiger partial charge in [-0.2, -0.15) is 5.26 Å². The van der Waals surface area contributed by atoms with Gasteiger partial charge in [-0.1, -0.05) is 6.42 Å². The van der Waals surface area contributed by atoms with E-state index in [0.717, 1.165) is 23.6 Å². The molecule has 0 bridgehead atoms. The molecule has 1 N–H and O–H groups in total. The zero-order chi connectivity index (χ0) is 14.5. The fourth-order valence-corrected chi connectivity index (χ4v) is 2.92. The highest BCUT2D eigenvalue weighted by Gasteiger charge is 2.15. The first-order chi connectivity index (χ1) is 9.60. The van der Waals surface area contributed by atoms with Gasteiger partial charge in [0.1, 0.15) is 6.07 Å². The summed E-state index contributed by atoms with van der Waals surface area (Å²) < 4.78 is 0. The summed E-state index contributed by atoms with van der Waals surface area (Å²) in [4.78, 5) is 6.86. The van der Waals surface area contributed by atoms with E-state index in [1.165, 1.54) is 32.4 Å². The normalized spacial score (nSPS) is 17.5. The average Bonchev–Trinajstić information content (AvgIpc) is 2.39. The lowest BCUT2D eigenvalue weighted by molar-refractivity contribution is 0.223. The van der Waals surface area contributed by atoms with Crippen molar-refractivity contribution < 1.29 is 0 Å². The highest BCUT2D eigenvalue weighted by atomic mass is 15.1. The van der Waals surface area contributed by atoms with Gasteiger partial charge in [-0.15, -0.1) is 0 Å². The zero-order valence-electron chi connectivity index (χ0n) is 12.7. The quantitative estimate of drug-likeness (QED) is 0.915. The van der Waals surface area contributed by atoms with Crippen LogP contribution in [-0.2, 0) is 0 Å². The van der Waals surface area contributed by atoms with Crippen LogP contribution >= 0.6 is 0 Å². The van der Waals surface area contributed by atoms with E-state index in [-0.39, 0.29) is 0 Å². The number of aryl methyl sites for hydroxylation is 2. The fraction of sp³-hybridized carbons (Fsp3) is 0.625. The molecule has 4 heteroatoms. The molecular formula is C16H24N4. The van der Waals surface area contributed by atoms with Crippen LogP contribution in [-0.4, -0.2) is 35.6 Å². The van der Waals surface area contributed by atoms with Crippen LogP contribution in [0.25, 0.3) is 0 Å². The van der Waals surface area contributed by atoms with Gasteiger partial charge < -0.3 is 10.2 Å². The van der Waals surface area contributed by atoms with Crippen LogP contribution in [0.15, 0.2) is 6.07 Å². The van der Waals surface area contributed by atoms with Gasteiger partial charge in [0.15, 0.2) is 0 Å². The van der Waals surface area contributed by atoms with Crippen LogP contribution in [0.3, 0.4) is 0 Å². The molecule has 1 aromatic heterocycles. The minimum absolute atomic E-state index is 0.335. The first-order valence-electron chi connectivity index (χ1n) is 7.47. The van der Waals surface area contributed by atoms with E-state index >= 15 is 0 Å². The number of aromatic nitrogens is 1. The molecule has 0 amide bonds. The molecule has 1 aliphatic rings. The summed E-state index contributed by atoms with van der Waals surface area (Å²) in [5, 5.41) is 12.8. The van der Waals surface area contributed by atoms with Crippen LogP contribution in [0.4, 0.5) is 5.69 Å². The maximum Gasteiger partial charge on any atom is 0.103 e. The predicted octanol–water partition coefficient (Wildman–Crippen LogP) is 2.86. The van der Waals surface area contributed by atoms with Crippen molar-refractivity contribution in [1.82, 2.24) is 9.88 Å². The Kier molecular flexibility index (Phi) is 4.97. The molecule has 1 unspecified atom stereocenters. The van der Waals surface area contributed by atoms with Crippen molar-refractivity contribution in [3.05, 3.63) is 23.0 Å². The summed E-state index contributed by atoms with van der Waals surface area (Å²) in [5.74, 6) is 0. The number of pyridine rings is 1. The molecular weight excluding hydrogens is 248 g/mol. The Morgan fingerprint density at radius 1 is 1.35 bits per heavy atom. The summed E-state index contributed by atoms with van der Waals surface area (Å²) in [7, 11) is 0. The van der Waals surface area contributed by atoms with Gasteiger partial charge in [-0.25, -0.2) is 0 Å².